The lowest BCUT2D eigenvalue weighted by molar-refractivity contribution is -0.130. The first-order valence-corrected chi connectivity index (χ1v) is 11.1. The fourth-order valence-electron chi connectivity index (χ4n) is 3.72. The van der Waals surface area contributed by atoms with Crippen molar-refractivity contribution in [3.8, 4) is 17.2 Å². The molecule has 3 heterocycles. The number of nitrogens with zero attached hydrogens (tertiary/aromatic N) is 5. The molecule has 1 fully saturated rings. The van der Waals surface area contributed by atoms with Crippen molar-refractivity contribution in [1.29, 1.82) is 0 Å². The Labute approximate surface area is 188 Å². The van der Waals surface area contributed by atoms with Gasteiger partial charge in [0.15, 0.2) is 0 Å². The fraction of sp³-hybridized carbons (Fsp3) is 0.417. The maximum Gasteiger partial charge on any atom is 0.251 e. The van der Waals surface area contributed by atoms with Crippen LogP contribution in [0.2, 0.25) is 0 Å². The topological polar surface area (TPSA) is 84.6 Å². The highest BCUT2D eigenvalue weighted by Gasteiger charge is 2.25. The number of carbonyl (C=O) groups is 1. The van der Waals surface area contributed by atoms with Crippen LogP contribution in [-0.4, -0.2) is 58.8 Å². The third-order valence-corrected chi connectivity index (χ3v) is 5.47. The number of benzene rings is 1. The molecule has 1 aliphatic heterocycles. The summed E-state index contributed by atoms with van der Waals surface area (Å²) in [5.74, 6) is 3.02. The molecule has 1 aliphatic rings. The largest absolute Gasteiger partial charge is 0.494 e. The van der Waals surface area contributed by atoms with Crippen LogP contribution in [-0.2, 0) is 11.2 Å². The van der Waals surface area contributed by atoms with Gasteiger partial charge in [-0.1, -0.05) is 26.0 Å². The summed E-state index contributed by atoms with van der Waals surface area (Å²) in [6.07, 6.45) is 2.16. The van der Waals surface area contributed by atoms with Crippen LogP contribution in [0.4, 0.5) is 5.82 Å². The number of pyridine rings is 1. The molecule has 0 N–H and O–H groups in total. The predicted molar refractivity (Wildman–Crippen MR) is 122 cm³/mol. The monoisotopic (exact) mass is 435 g/mol. The zero-order chi connectivity index (χ0) is 22.5. The number of piperazine rings is 1. The molecular weight excluding hydrogens is 406 g/mol. The SMILES string of the molecule is CCOc1ccc(CC(=O)N2CCN(c3ncccc3-c3nnc(C(C)C)o3)CC2)cc1. The lowest BCUT2D eigenvalue weighted by atomic mass is 10.1. The Morgan fingerprint density at radius 2 is 1.84 bits per heavy atom. The van der Waals surface area contributed by atoms with Crippen LogP contribution in [0.1, 0.15) is 38.1 Å². The van der Waals surface area contributed by atoms with E-state index < -0.39 is 0 Å². The average Bonchev–Trinajstić information content (AvgIpc) is 3.31. The van der Waals surface area contributed by atoms with Gasteiger partial charge in [-0.2, -0.15) is 0 Å². The molecule has 1 amide bonds. The lowest BCUT2D eigenvalue weighted by Gasteiger charge is -2.36. The van der Waals surface area contributed by atoms with Gasteiger partial charge in [-0.15, -0.1) is 10.2 Å². The molecule has 0 bridgehead atoms. The Morgan fingerprint density at radius 3 is 2.50 bits per heavy atom. The summed E-state index contributed by atoms with van der Waals surface area (Å²) in [6, 6.07) is 11.5. The Hall–Kier alpha value is -3.42. The first-order valence-electron chi connectivity index (χ1n) is 11.1. The first-order chi connectivity index (χ1) is 15.5. The maximum atomic E-state index is 12.8. The van der Waals surface area contributed by atoms with Crippen LogP contribution in [0, 0.1) is 0 Å². The second-order valence-electron chi connectivity index (χ2n) is 8.10. The van der Waals surface area contributed by atoms with Crippen molar-refractivity contribution in [3.05, 3.63) is 54.0 Å². The van der Waals surface area contributed by atoms with Crippen molar-refractivity contribution < 1.29 is 13.9 Å². The van der Waals surface area contributed by atoms with E-state index in [1.54, 1.807) is 6.20 Å². The van der Waals surface area contributed by atoms with E-state index in [1.165, 1.54) is 0 Å². The molecule has 3 aromatic rings. The Bertz CT molecular complexity index is 1040. The summed E-state index contributed by atoms with van der Waals surface area (Å²) in [4.78, 5) is 21.5. The molecule has 1 saturated heterocycles. The normalized spacial score (nSPS) is 14.1. The van der Waals surface area contributed by atoms with Gasteiger partial charge in [0.1, 0.15) is 11.6 Å². The fourth-order valence-corrected chi connectivity index (χ4v) is 3.72. The number of ether oxygens (including phenoxy) is 1. The molecule has 8 nitrogen and oxygen atoms in total. The predicted octanol–water partition coefficient (Wildman–Crippen LogP) is 3.55. The van der Waals surface area contributed by atoms with Gasteiger partial charge in [0.05, 0.1) is 18.6 Å². The molecule has 1 aromatic carbocycles. The van der Waals surface area contributed by atoms with Crippen molar-refractivity contribution in [3.63, 3.8) is 0 Å². The highest BCUT2D eigenvalue weighted by molar-refractivity contribution is 5.79. The van der Waals surface area contributed by atoms with Crippen LogP contribution < -0.4 is 9.64 Å². The van der Waals surface area contributed by atoms with Crippen LogP contribution in [0.25, 0.3) is 11.5 Å². The second-order valence-corrected chi connectivity index (χ2v) is 8.10. The summed E-state index contributed by atoms with van der Waals surface area (Å²) in [5.41, 5.74) is 1.81. The van der Waals surface area contributed by atoms with E-state index in [1.807, 2.05) is 62.1 Å². The third kappa shape index (κ3) is 4.90. The highest BCUT2D eigenvalue weighted by atomic mass is 16.5. The van der Waals surface area contributed by atoms with E-state index in [2.05, 4.69) is 20.1 Å². The highest BCUT2D eigenvalue weighted by Crippen LogP contribution is 2.29. The summed E-state index contributed by atoms with van der Waals surface area (Å²) < 4.78 is 11.3. The molecule has 0 radical (unpaired) electrons. The summed E-state index contributed by atoms with van der Waals surface area (Å²) in [7, 11) is 0. The zero-order valence-corrected chi connectivity index (χ0v) is 18.8. The molecular formula is C24H29N5O3. The minimum Gasteiger partial charge on any atom is -0.494 e. The molecule has 0 saturated carbocycles. The Morgan fingerprint density at radius 1 is 1.09 bits per heavy atom. The smallest absolute Gasteiger partial charge is 0.251 e. The number of anilines is 1. The van der Waals surface area contributed by atoms with Crippen molar-refractivity contribution in [2.75, 3.05) is 37.7 Å². The van der Waals surface area contributed by atoms with Gasteiger partial charge in [0.2, 0.25) is 11.8 Å². The summed E-state index contributed by atoms with van der Waals surface area (Å²) in [5, 5.41) is 8.36. The number of aromatic nitrogens is 3. The van der Waals surface area contributed by atoms with Crippen molar-refractivity contribution >= 4 is 11.7 Å². The standard InChI is InChI=1S/C24H29N5O3/c1-4-31-19-9-7-18(8-10-19)16-21(30)28-12-14-29(15-13-28)22-20(6-5-11-25-22)24-27-26-23(32-24)17(2)3/h5-11,17H,4,12-16H2,1-3H3. The van der Waals surface area contributed by atoms with Crippen molar-refractivity contribution in [2.24, 2.45) is 0 Å². The number of amides is 1. The molecule has 0 spiro atoms. The molecule has 8 heteroatoms. The number of hydrogen-bond donors (Lipinski definition) is 0. The maximum absolute atomic E-state index is 12.8. The Balaban J connectivity index is 1.39. The van der Waals surface area contributed by atoms with Crippen LogP contribution in [0.3, 0.4) is 0 Å². The van der Waals surface area contributed by atoms with Gasteiger partial charge in [-0.25, -0.2) is 4.98 Å². The van der Waals surface area contributed by atoms with Crippen LogP contribution in [0.5, 0.6) is 5.75 Å². The minimum atomic E-state index is 0.133. The molecule has 0 unspecified atom stereocenters. The van der Waals surface area contributed by atoms with Crippen LogP contribution >= 0.6 is 0 Å². The first kappa shape index (κ1) is 21.8. The van der Waals surface area contributed by atoms with Gasteiger partial charge >= 0.3 is 0 Å². The van der Waals surface area contributed by atoms with Gasteiger partial charge in [-0.05, 0) is 36.8 Å². The van der Waals surface area contributed by atoms with Crippen molar-refractivity contribution in [2.45, 2.75) is 33.1 Å². The molecule has 4 rings (SSSR count). The quantitative estimate of drug-likeness (QED) is 0.561. The third-order valence-electron chi connectivity index (χ3n) is 5.47. The number of carbonyl (C=O) groups excluding carboxylic acids is 1. The summed E-state index contributed by atoms with van der Waals surface area (Å²) >= 11 is 0. The number of rotatable bonds is 7. The van der Waals surface area contributed by atoms with Crippen molar-refractivity contribution in [1.82, 2.24) is 20.1 Å². The minimum absolute atomic E-state index is 0.133. The van der Waals surface area contributed by atoms with Gasteiger partial charge in [-0.3, -0.25) is 4.79 Å². The van der Waals surface area contributed by atoms with Gasteiger partial charge in [0, 0.05) is 38.3 Å². The van der Waals surface area contributed by atoms with E-state index in [0.29, 0.717) is 51.0 Å². The van der Waals surface area contributed by atoms with E-state index >= 15 is 0 Å². The zero-order valence-electron chi connectivity index (χ0n) is 18.8. The van der Waals surface area contributed by atoms with Gasteiger partial charge < -0.3 is 19.0 Å². The van der Waals surface area contributed by atoms with E-state index in [4.69, 9.17) is 9.15 Å². The van der Waals surface area contributed by atoms with Gasteiger partial charge in [0.25, 0.3) is 5.89 Å². The average molecular weight is 436 g/mol. The lowest BCUT2D eigenvalue weighted by Crippen LogP contribution is -2.49. The molecule has 0 aliphatic carbocycles. The number of hydrogen-bond acceptors (Lipinski definition) is 7. The van der Waals surface area contributed by atoms with E-state index in [0.717, 1.165) is 22.7 Å². The molecule has 32 heavy (non-hydrogen) atoms. The Kier molecular flexibility index (Phi) is 6.68. The molecule has 2 aromatic heterocycles. The summed E-state index contributed by atoms with van der Waals surface area (Å²) in [6.45, 7) is 9.31. The van der Waals surface area contributed by atoms with E-state index in [9.17, 15) is 4.79 Å². The molecule has 0 atom stereocenters. The van der Waals surface area contributed by atoms with Crippen LogP contribution in [0.15, 0.2) is 47.0 Å². The second kappa shape index (κ2) is 9.80. The van der Waals surface area contributed by atoms with E-state index in [-0.39, 0.29) is 11.8 Å². The molecule has 168 valence electrons.